The molecule has 0 N–H and O–H groups in total. The average molecular weight is 1800 g/mol. The second-order valence-corrected chi connectivity index (χ2v) is 45.9. The van der Waals surface area contributed by atoms with Crippen LogP contribution in [-0.2, 0) is 40.8 Å². The highest BCUT2D eigenvalue weighted by atomic mass is 15.2. The molecule has 0 fully saturated rings. The number of rotatable bonds is 15. The van der Waals surface area contributed by atoms with Crippen molar-refractivity contribution in [2.24, 2.45) is 16.2 Å². The molecule has 5 heteroatoms. The fraction of sp³-hybridized carbons (Fsp3) is 0.233. The molecule has 0 unspecified atom stereocenters. The van der Waals surface area contributed by atoms with E-state index in [4.69, 9.17) is 0 Å². The predicted molar refractivity (Wildman–Crippen MR) is 597 cm³/mol. The minimum atomic E-state index is -2.10. The maximum Gasteiger partial charge on any atom is 0.252 e. The van der Waals surface area contributed by atoms with Gasteiger partial charge in [0.2, 0.25) is 0 Å². The molecule has 0 bridgehead atoms. The average Bonchev–Trinajstić information content (AvgIpc) is 0.683. The Morgan fingerprint density at radius 3 is 0.710 bits per heavy atom. The monoisotopic (exact) mass is 1800 g/mol. The van der Waals surface area contributed by atoms with Crippen LogP contribution in [0.25, 0.3) is 144 Å². The zero-order valence-corrected chi connectivity index (χ0v) is 84.0. The van der Waals surface area contributed by atoms with Gasteiger partial charge in [0.25, 0.3) is 6.71 Å². The summed E-state index contributed by atoms with van der Waals surface area (Å²) in [6.07, 6.45) is -5.95. The Balaban J connectivity index is 0.984. The lowest BCUT2D eigenvalue weighted by atomic mass is 9.33. The van der Waals surface area contributed by atoms with Crippen LogP contribution in [0.2, 0.25) is 0 Å². The van der Waals surface area contributed by atoms with Gasteiger partial charge >= 0.3 is 0 Å². The first kappa shape index (κ1) is 83.4. The molecule has 684 valence electrons. The van der Waals surface area contributed by atoms with Crippen LogP contribution in [0.3, 0.4) is 0 Å². The van der Waals surface area contributed by atoms with Crippen LogP contribution in [0, 0.1) is 16.2 Å². The van der Waals surface area contributed by atoms with Crippen molar-refractivity contribution >= 4 is 101 Å². The van der Waals surface area contributed by atoms with Crippen LogP contribution in [-0.4, -0.2) is 15.8 Å². The maximum absolute atomic E-state index is 11.4. The Hall–Kier alpha value is -14.0. The molecule has 19 aromatic rings. The van der Waals surface area contributed by atoms with E-state index in [2.05, 4.69) is 466 Å². The normalized spacial score (nSPS) is 14.1. The lowest BCUT2D eigenvalue weighted by molar-refractivity contribution is 0.411. The van der Waals surface area contributed by atoms with E-state index in [0.29, 0.717) is 16.7 Å². The number of aromatic nitrogens is 2. The molecule has 0 saturated carbocycles. The number of fused-ring (bicyclic) bond motifs is 10. The quantitative estimate of drug-likeness (QED) is 0.0951. The maximum atomic E-state index is 11.4. The van der Waals surface area contributed by atoms with Crippen molar-refractivity contribution in [3.05, 3.63) is 403 Å². The molecule has 0 radical (unpaired) electrons. The molecule has 0 aliphatic carbocycles. The summed E-state index contributed by atoms with van der Waals surface area (Å²) in [7, 11) is 0. The van der Waals surface area contributed by atoms with E-state index in [-0.39, 0.29) is 21.7 Å². The zero-order valence-electron chi connectivity index (χ0n) is 90.0. The third-order valence-electron chi connectivity index (χ3n) is 27.9. The molecule has 0 atom stereocenters. The molecule has 2 aliphatic rings. The van der Waals surface area contributed by atoms with Crippen LogP contribution >= 0.6 is 0 Å². The summed E-state index contributed by atoms with van der Waals surface area (Å²) in [4.78, 5) is 5.04. The summed E-state index contributed by atoms with van der Waals surface area (Å²) < 4.78 is 70.9. The molecule has 2 aromatic heterocycles. The molecule has 17 aromatic carbocycles. The van der Waals surface area contributed by atoms with Crippen LogP contribution in [0.1, 0.15) is 193 Å². The molecule has 2 aliphatic heterocycles. The number of benzene rings is 17. The predicted octanol–water partition coefficient (Wildman–Crippen LogP) is 35.3. The summed E-state index contributed by atoms with van der Waals surface area (Å²) in [5, 5.41) is 4.38. The van der Waals surface area contributed by atoms with Gasteiger partial charge in [-0.15, -0.1) is 0 Å². The number of nitrogens with zero attached hydrogens (tertiary/aromatic N) is 4. The molecule has 4 heterocycles. The van der Waals surface area contributed by atoms with Crippen molar-refractivity contribution in [3.8, 4) is 100 Å². The summed E-state index contributed by atoms with van der Waals surface area (Å²) in [6.45, 7) is 44.7. The van der Waals surface area contributed by atoms with Gasteiger partial charge < -0.3 is 18.9 Å². The van der Waals surface area contributed by atoms with Crippen molar-refractivity contribution in [1.82, 2.24) is 9.13 Å². The van der Waals surface area contributed by atoms with Crippen molar-refractivity contribution < 1.29 is 8.22 Å². The molecule has 4 nitrogen and oxygen atoms in total. The zero-order chi connectivity index (χ0) is 102. The molecular formula is C133H129BN4. The van der Waals surface area contributed by atoms with Gasteiger partial charge in [-0.05, 0) is 288 Å². The molecule has 0 spiro atoms. The number of hydrogen-bond donors (Lipinski definition) is 0. The van der Waals surface area contributed by atoms with Crippen molar-refractivity contribution in [2.75, 3.05) is 9.80 Å². The summed E-state index contributed by atoms with van der Waals surface area (Å²) in [5.41, 5.74) is 31.0. The summed E-state index contributed by atoms with van der Waals surface area (Å²) in [5.74, 6) is 0. The van der Waals surface area contributed by atoms with Gasteiger partial charge in [-0.3, -0.25) is 0 Å². The van der Waals surface area contributed by atoms with Gasteiger partial charge in [0, 0.05) is 86.1 Å². The molecule has 0 amide bonds. The Morgan fingerprint density at radius 1 is 0.217 bits per heavy atom. The van der Waals surface area contributed by atoms with Crippen molar-refractivity contribution in [2.45, 2.75) is 186 Å². The highest BCUT2D eigenvalue weighted by Crippen LogP contribution is 2.57. The van der Waals surface area contributed by atoms with E-state index in [1.807, 2.05) is 62.3 Å². The third kappa shape index (κ3) is 17.1. The molecule has 21 rings (SSSR count). The van der Waals surface area contributed by atoms with Crippen LogP contribution in [0.15, 0.2) is 364 Å². The fourth-order valence-corrected chi connectivity index (χ4v) is 21.3. The Kier molecular flexibility index (Phi) is 20.6. The summed E-state index contributed by atoms with van der Waals surface area (Å²) >= 11 is 0. The van der Waals surface area contributed by atoms with Gasteiger partial charge in [-0.1, -0.05) is 400 Å². The smallest absolute Gasteiger partial charge is 0.252 e. The number of hydrogen-bond acceptors (Lipinski definition) is 2. The fourth-order valence-electron chi connectivity index (χ4n) is 21.3. The Morgan fingerprint density at radius 2 is 0.464 bits per heavy atom. The van der Waals surface area contributed by atoms with Crippen molar-refractivity contribution in [1.29, 1.82) is 0 Å². The van der Waals surface area contributed by atoms with Gasteiger partial charge in [-0.25, -0.2) is 0 Å². The molecular weight excluding hydrogens is 1660 g/mol. The van der Waals surface area contributed by atoms with Crippen molar-refractivity contribution in [3.63, 3.8) is 0 Å². The minimum absolute atomic E-state index is 0.334. The largest absolute Gasteiger partial charge is 0.310 e. The SMILES string of the molecule is [2H]C([2H])(c1cc(-c2cccc(C(C)(C)C)c2)c(N2c3cc(-n4c5ccc(-c6ccccc6)cc5c5cc(-c6ccccc6)ccc54)ccc3B3c4ccc(-n5c6ccc(-c7ccccc7)cc6c6cc(-c7ccccc7)ccc65)cc4N(c4c(-c5cccc(C(C)(C)C)c5)cc(C([2H])([2H])C(C)(C)C)cc4-c4cccc(C(C)(C)C)c4)c4cc(C([2H])([2H])C(C)(C)C)cc2c43)c(-c2cccc(C(C)(C)C)c2)c1)C(C)(C)C. The lowest BCUT2D eigenvalue weighted by Gasteiger charge is -2.46. The number of anilines is 6. The van der Waals surface area contributed by atoms with Gasteiger partial charge in [0.05, 0.1) is 33.4 Å². The van der Waals surface area contributed by atoms with E-state index < -0.39 is 42.1 Å². The second kappa shape index (κ2) is 34.0. The van der Waals surface area contributed by atoms with Gasteiger partial charge in [0.15, 0.2) is 0 Å². The van der Waals surface area contributed by atoms with Gasteiger partial charge in [0.1, 0.15) is 0 Å². The van der Waals surface area contributed by atoms with Crippen LogP contribution < -0.4 is 26.2 Å². The third-order valence-corrected chi connectivity index (χ3v) is 27.9. The topological polar surface area (TPSA) is 16.3 Å². The minimum Gasteiger partial charge on any atom is -0.310 e. The standard InChI is InChI=1S/C133H129BN4/c1-127(2,3)82-85-66-106(96-46-34-50-100(72-96)130(10,11)12)125(107(67-85)97-47-35-51-101(73-97)131(13,14)15)137-120-80-104(135-116-62-54-92(88-38-26-22-27-39-88)76-110(116)111-77-93(55-63-117(111)135)89-40-28-23-29-41-89)58-60-114(120)134-115-61-59-105(136-118-64-56-94(90-42-30-24-31-43-90)78-112(118)113-79-95(57-65-119(113)136)91-44-32-25-33-45-91)81-121(115)138(123-71-87(84-129(7,8)9)70-122(137)124(123)134)126-108(98-48-36-52-102(74-98)132(16,17)18)68-86(83-128(4,5)6)69-109(126)99-49-37-53-103(75-99)133(19,20)21/h22-81H,82-84H2,1-21H3/i82D2,83D2,84D2. The van der Waals surface area contributed by atoms with Crippen LogP contribution in [0.4, 0.5) is 34.1 Å². The Labute approximate surface area is 828 Å². The van der Waals surface area contributed by atoms with E-state index in [1.54, 1.807) is 0 Å². The van der Waals surface area contributed by atoms with Gasteiger partial charge in [-0.2, -0.15) is 0 Å². The van der Waals surface area contributed by atoms with E-state index >= 15 is 0 Å². The molecule has 0 saturated heterocycles. The first-order valence-corrected chi connectivity index (χ1v) is 49.4. The first-order valence-electron chi connectivity index (χ1n) is 52.4. The highest BCUT2D eigenvalue weighted by molar-refractivity contribution is 7.00. The van der Waals surface area contributed by atoms with E-state index in [0.717, 1.165) is 217 Å². The summed E-state index contributed by atoms with van der Waals surface area (Å²) in [6, 6.07) is 134. The molecule has 138 heavy (non-hydrogen) atoms. The Bertz CT molecular complexity index is 7500. The first-order chi connectivity index (χ1) is 68.1. The highest BCUT2D eigenvalue weighted by Gasteiger charge is 2.47. The lowest BCUT2D eigenvalue weighted by Crippen LogP contribution is -2.61. The van der Waals surface area contributed by atoms with E-state index in [9.17, 15) is 8.22 Å². The second-order valence-electron chi connectivity index (χ2n) is 45.9. The van der Waals surface area contributed by atoms with Crippen LogP contribution in [0.5, 0.6) is 0 Å². The van der Waals surface area contributed by atoms with E-state index in [1.165, 1.54) is 0 Å².